The summed E-state index contributed by atoms with van der Waals surface area (Å²) in [5.74, 6) is 0.873. The summed E-state index contributed by atoms with van der Waals surface area (Å²) in [6.07, 6.45) is 5.82. The molecule has 1 aliphatic heterocycles. The standard InChI is InChI=1S/C25H27N7O/c1-3-32-17-21(16-27-32)18-4-5-23-20(12-18)13-22(28-29-23)15-24(33)19-6-7-26-25(14-19)31-10-8-30(2)9-11-31/h4-7,12-14,16-17H,3,8-11,15H2,1-2H3. The summed E-state index contributed by atoms with van der Waals surface area (Å²) in [6.45, 7) is 6.71. The lowest BCUT2D eigenvalue weighted by atomic mass is 10.0. The van der Waals surface area contributed by atoms with E-state index in [1.165, 1.54) is 0 Å². The summed E-state index contributed by atoms with van der Waals surface area (Å²) < 4.78 is 1.90. The van der Waals surface area contributed by atoms with E-state index >= 15 is 0 Å². The number of hydrogen-bond donors (Lipinski definition) is 0. The number of Topliss-reactive ketones (excluding diaryl/α,β-unsaturated/α-hetero) is 1. The van der Waals surface area contributed by atoms with Crippen LogP contribution in [0.1, 0.15) is 23.0 Å². The highest BCUT2D eigenvalue weighted by molar-refractivity contribution is 5.98. The van der Waals surface area contributed by atoms with E-state index in [9.17, 15) is 4.79 Å². The fourth-order valence-corrected chi connectivity index (χ4v) is 4.11. The van der Waals surface area contributed by atoms with Gasteiger partial charge in [0.05, 0.1) is 23.8 Å². The van der Waals surface area contributed by atoms with E-state index < -0.39 is 0 Å². The van der Waals surface area contributed by atoms with Crippen molar-refractivity contribution in [3.63, 3.8) is 0 Å². The maximum atomic E-state index is 13.0. The van der Waals surface area contributed by atoms with Crippen molar-refractivity contribution >= 4 is 22.5 Å². The van der Waals surface area contributed by atoms with Gasteiger partial charge in [-0.3, -0.25) is 9.48 Å². The molecule has 0 bridgehead atoms. The highest BCUT2D eigenvalue weighted by Gasteiger charge is 2.17. The molecule has 0 atom stereocenters. The van der Waals surface area contributed by atoms with Gasteiger partial charge in [-0.2, -0.15) is 15.3 Å². The second kappa shape index (κ2) is 9.07. The Morgan fingerprint density at radius 1 is 1.00 bits per heavy atom. The SMILES string of the molecule is CCn1cc(-c2ccc3nnc(CC(=O)c4ccnc(N5CCN(C)CC5)c4)cc3c2)cn1. The number of carbonyl (C=O) groups excluding carboxylic acids is 1. The lowest BCUT2D eigenvalue weighted by Crippen LogP contribution is -2.44. The van der Waals surface area contributed by atoms with Gasteiger partial charge in [-0.25, -0.2) is 4.98 Å². The van der Waals surface area contributed by atoms with Crippen LogP contribution in [-0.4, -0.2) is 68.9 Å². The number of ketones is 1. The molecule has 0 radical (unpaired) electrons. The van der Waals surface area contributed by atoms with Crippen LogP contribution in [0.25, 0.3) is 22.0 Å². The summed E-state index contributed by atoms with van der Waals surface area (Å²) >= 11 is 0. The van der Waals surface area contributed by atoms with E-state index in [0.29, 0.717) is 11.3 Å². The van der Waals surface area contributed by atoms with Crippen molar-refractivity contribution in [2.45, 2.75) is 19.9 Å². The molecule has 1 saturated heterocycles. The number of hydrogen-bond acceptors (Lipinski definition) is 7. The Bertz CT molecular complexity index is 1290. The monoisotopic (exact) mass is 441 g/mol. The number of aryl methyl sites for hydroxylation is 1. The highest BCUT2D eigenvalue weighted by atomic mass is 16.1. The molecule has 8 heteroatoms. The molecule has 33 heavy (non-hydrogen) atoms. The van der Waals surface area contributed by atoms with Gasteiger partial charge in [0.15, 0.2) is 5.78 Å². The lowest BCUT2D eigenvalue weighted by Gasteiger charge is -2.33. The van der Waals surface area contributed by atoms with Crippen LogP contribution in [0.15, 0.2) is 55.0 Å². The topological polar surface area (TPSA) is 80.0 Å². The minimum Gasteiger partial charge on any atom is -0.354 e. The molecule has 1 aromatic carbocycles. The molecular weight excluding hydrogens is 414 g/mol. The average Bonchev–Trinajstić information content (AvgIpc) is 3.34. The Labute approximate surface area is 192 Å². The maximum Gasteiger partial charge on any atom is 0.169 e. The Balaban J connectivity index is 1.35. The molecular formula is C25H27N7O. The van der Waals surface area contributed by atoms with Crippen LogP contribution in [0, 0.1) is 0 Å². The van der Waals surface area contributed by atoms with Gasteiger partial charge in [-0.05, 0) is 49.9 Å². The van der Waals surface area contributed by atoms with E-state index in [2.05, 4.69) is 50.1 Å². The molecule has 0 spiro atoms. The number of nitrogens with zero attached hydrogens (tertiary/aromatic N) is 7. The minimum atomic E-state index is 0.0156. The molecule has 1 aliphatic rings. The number of piperazine rings is 1. The van der Waals surface area contributed by atoms with Gasteiger partial charge in [-0.1, -0.05) is 6.07 Å². The van der Waals surface area contributed by atoms with E-state index in [0.717, 1.165) is 60.6 Å². The van der Waals surface area contributed by atoms with Crippen molar-refractivity contribution in [3.8, 4) is 11.1 Å². The summed E-state index contributed by atoms with van der Waals surface area (Å²) in [4.78, 5) is 22.0. The Kier molecular flexibility index (Phi) is 5.83. The molecule has 0 N–H and O–H groups in total. The van der Waals surface area contributed by atoms with Crippen LogP contribution in [0.2, 0.25) is 0 Å². The molecule has 8 nitrogen and oxygen atoms in total. The van der Waals surface area contributed by atoms with Crippen molar-refractivity contribution in [1.82, 2.24) is 29.9 Å². The third-order valence-corrected chi connectivity index (χ3v) is 6.16. The largest absolute Gasteiger partial charge is 0.354 e. The predicted octanol–water partition coefficient (Wildman–Crippen LogP) is 3.09. The molecule has 4 heterocycles. The summed E-state index contributed by atoms with van der Waals surface area (Å²) in [5, 5.41) is 13.9. The van der Waals surface area contributed by atoms with Crippen LogP contribution in [-0.2, 0) is 13.0 Å². The summed E-state index contributed by atoms with van der Waals surface area (Å²) in [5.41, 5.74) is 4.24. The third kappa shape index (κ3) is 4.61. The van der Waals surface area contributed by atoms with Crippen molar-refractivity contribution in [2.24, 2.45) is 0 Å². The number of aromatic nitrogens is 5. The second-order valence-electron chi connectivity index (χ2n) is 8.49. The smallest absolute Gasteiger partial charge is 0.169 e. The molecule has 168 valence electrons. The number of pyridine rings is 1. The highest BCUT2D eigenvalue weighted by Crippen LogP contribution is 2.24. The predicted molar refractivity (Wildman–Crippen MR) is 128 cm³/mol. The van der Waals surface area contributed by atoms with Crippen LogP contribution < -0.4 is 4.90 Å². The number of likely N-dealkylation sites (N-methyl/N-ethyl adjacent to an activating group) is 1. The van der Waals surface area contributed by atoms with E-state index in [1.807, 2.05) is 41.3 Å². The first-order chi connectivity index (χ1) is 16.1. The molecule has 0 saturated carbocycles. The van der Waals surface area contributed by atoms with Crippen LogP contribution >= 0.6 is 0 Å². The normalized spacial score (nSPS) is 14.7. The van der Waals surface area contributed by atoms with Gasteiger partial charge in [0.25, 0.3) is 0 Å². The molecule has 4 aromatic rings. The minimum absolute atomic E-state index is 0.0156. The van der Waals surface area contributed by atoms with Gasteiger partial charge < -0.3 is 9.80 Å². The molecule has 1 fully saturated rings. The molecule has 5 rings (SSSR count). The van der Waals surface area contributed by atoms with Crippen molar-refractivity contribution in [3.05, 3.63) is 66.2 Å². The zero-order chi connectivity index (χ0) is 22.8. The number of fused-ring (bicyclic) bond motifs is 1. The van der Waals surface area contributed by atoms with Gasteiger partial charge >= 0.3 is 0 Å². The van der Waals surface area contributed by atoms with Gasteiger partial charge in [0.2, 0.25) is 0 Å². The average molecular weight is 442 g/mol. The van der Waals surface area contributed by atoms with Gasteiger partial charge in [0, 0.05) is 61.6 Å². The van der Waals surface area contributed by atoms with Gasteiger partial charge in [0.1, 0.15) is 5.82 Å². The van der Waals surface area contributed by atoms with E-state index in [1.54, 1.807) is 12.3 Å². The third-order valence-electron chi connectivity index (χ3n) is 6.16. The first-order valence-electron chi connectivity index (χ1n) is 11.3. The zero-order valence-corrected chi connectivity index (χ0v) is 19.0. The number of rotatable bonds is 6. The zero-order valence-electron chi connectivity index (χ0n) is 19.0. The van der Waals surface area contributed by atoms with Gasteiger partial charge in [-0.15, -0.1) is 0 Å². The second-order valence-corrected chi connectivity index (χ2v) is 8.49. The summed E-state index contributed by atoms with van der Waals surface area (Å²) in [6, 6.07) is 11.7. The van der Waals surface area contributed by atoms with Crippen LogP contribution in [0.5, 0.6) is 0 Å². The van der Waals surface area contributed by atoms with Crippen molar-refractivity contribution < 1.29 is 4.79 Å². The first kappa shape index (κ1) is 21.2. The Morgan fingerprint density at radius 3 is 2.64 bits per heavy atom. The lowest BCUT2D eigenvalue weighted by molar-refractivity contribution is 0.0991. The van der Waals surface area contributed by atoms with Crippen molar-refractivity contribution in [2.75, 3.05) is 38.1 Å². The first-order valence-corrected chi connectivity index (χ1v) is 11.3. The van der Waals surface area contributed by atoms with E-state index in [-0.39, 0.29) is 12.2 Å². The molecule has 0 amide bonds. The quantitative estimate of drug-likeness (QED) is 0.425. The molecule has 3 aromatic heterocycles. The Morgan fingerprint density at radius 2 is 1.85 bits per heavy atom. The van der Waals surface area contributed by atoms with Crippen LogP contribution in [0.3, 0.4) is 0 Å². The van der Waals surface area contributed by atoms with E-state index in [4.69, 9.17) is 0 Å². The fraction of sp³-hybridized carbons (Fsp3) is 0.320. The fourth-order valence-electron chi connectivity index (χ4n) is 4.11. The van der Waals surface area contributed by atoms with Crippen molar-refractivity contribution in [1.29, 1.82) is 0 Å². The summed E-state index contributed by atoms with van der Waals surface area (Å²) in [7, 11) is 2.12. The number of carbonyl (C=O) groups is 1. The Hall–Kier alpha value is -3.65. The molecule has 0 unspecified atom stereocenters. The number of anilines is 1. The number of benzene rings is 1. The maximum absolute atomic E-state index is 13.0. The molecule has 0 aliphatic carbocycles. The van der Waals surface area contributed by atoms with Crippen LogP contribution in [0.4, 0.5) is 5.82 Å².